The average Bonchev–Trinajstić information content (AvgIpc) is 2.96. The predicted molar refractivity (Wildman–Crippen MR) is 99.7 cm³/mol. The molecule has 2 saturated heterocycles. The van der Waals surface area contributed by atoms with E-state index >= 15 is 0 Å². The molecule has 0 unspecified atom stereocenters. The summed E-state index contributed by atoms with van der Waals surface area (Å²) in [5, 5.41) is 9.59. The molecule has 0 aromatic carbocycles. The van der Waals surface area contributed by atoms with Gasteiger partial charge in [0.25, 0.3) is 0 Å². The maximum absolute atomic E-state index is 12.6. The Hall–Kier alpha value is -1.44. The summed E-state index contributed by atoms with van der Waals surface area (Å²) in [4.78, 5) is 20.8. The Morgan fingerprint density at radius 1 is 1.17 bits per heavy atom. The zero-order valence-electron chi connectivity index (χ0n) is 13.4. The molecule has 2 fully saturated rings. The largest absolute Gasteiger partial charge is 0.396 e. The molecule has 0 saturated carbocycles. The normalized spacial score (nSPS) is 23.4. The Bertz CT molecular complexity index is 575. The molecule has 9 heteroatoms. The molecule has 0 bridgehead atoms. The lowest BCUT2D eigenvalue weighted by atomic mass is 9.96. The van der Waals surface area contributed by atoms with Gasteiger partial charge in [-0.25, -0.2) is 4.98 Å². The third kappa shape index (κ3) is 4.34. The number of piperidine rings is 1. The number of nitrogen functional groups attached to an aromatic ring is 2. The molecule has 2 aliphatic rings. The summed E-state index contributed by atoms with van der Waals surface area (Å²) < 4.78 is 0. The van der Waals surface area contributed by atoms with Crippen molar-refractivity contribution in [1.29, 1.82) is 0 Å². The van der Waals surface area contributed by atoms with E-state index < -0.39 is 0 Å². The van der Waals surface area contributed by atoms with E-state index in [2.05, 4.69) is 9.88 Å². The first kappa shape index (κ1) is 20.6. The molecule has 3 rings (SSSR count). The van der Waals surface area contributed by atoms with Crippen molar-refractivity contribution in [3.8, 4) is 0 Å². The lowest BCUT2D eigenvalue weighted by Crippen LogP contribution is -2.44. The Morgan fingerprint density at radius 2 is 1.92 bits per heavy atom. The second kappa shape index (κ2) is 8.60. The molecule has 1 amide bonds. The molecular weight excluding hydrogens is 353 g/mol. The molecule has 1 aromatic heterocycles. The highest BCUT2D eigenvalue weighted by Gasteiger charge is 2.33. The van der Waals surface area contributed by atoms with Gasteiger partial charge < -0.3 is 26.4 Å². The maximum atomic E-state index is 12.6. The number of carbonyl (C=O) groups excluding carboxylic acids is 1. The molecule has 0 aliphatic carbocycles. The van der Waals surface area contributed by atoms with Crippen LogP contribution in [0.4, 0.5) is 17.3 Å². The number of β-amino-alcohol motifs (C(OH)–C–C–N with tert-alkyl or cyclic N) is 1. The van der Waals surface area contributed by atoms with Gasteiger partial charge >= 0.3 is 0 Å². The van der Waals surface area contributed by atoms with Crippen LogP contribution in [0.5, 0.6) is 0 Å². The number of halogens is 2. The highest BCUT2D eigenvalue weighted by molar-refractivity contribution is 5.85. The molecule has 1 aromatic rings. The summed E-state index contributed by atoms with van der Waals surface area (Å²) in [5.74, 6) is 1.20. The van der Waals surface area contributed by atoms with Gasteiger partial charge in [-0.05, 0) is 31.4 Å². The number of aliphatic hydroxyl groups excluding tert-OH is 1. The molecule has 2 aliphatic heterocycles. The van der Waals surface area contributed by atoms with E-state index in [0.717, 1.165) is 25.2 Å². The number of hydrogen-bond acceptors (Lipinski definition) is 6. The minimum Gasteiger partial charge on any atom is -0.396 e. The highest BCUT2D eigenvalue weighted by Crippen LogP contribution is 2.26. The first-order chi connectivity index (χ1) is 10.5. The Labute approximate surface area is 154 Å². The van der Waals surface area contributed by atoms with Gasteiger partial charge in [0, 0.05) is 26.2 Å². The monoisotopic (exact) mass is 377 g/mol. The summed E-state index contributed by atoms with van der Waals surface area (Å²) in [5.41, 5.74) is 11.9. The molecule has 3 heterocycles. The molecule has 7 nitrogen and oxygen atoms in total. The van der Waals surface area contributed by atoms with E-state index in [0.29, 0.717) is 37.6 Å². The van der Waals surface area contributed by atoms with Crippen molar-refractivity contribution < 1.29 is 9.90 Å². The minimum atomic E-state index is -0.373. The number of amides is 1. The Kier molecular flexibility index (Phi) is 7.38. The quantitative estimate of drug-likeness (QED) is 0.706. The van der Waals surface area contributed by atoms with Crippen molar-refractivity contribution in [1.82, 2.24) is 9.88 Å². The maximum Gasteiger partial charge on any atom is 0.227 e. The minimum absolute atomic E-state index is 0. The SMILES string of the molecule is Cl.Cl.Nc1ccc(N2CCC[C@@H](C(=O)N3CC[C@H](O)C3)C2)nc1N. The van der Waals surface area contributed by atoms with Crippen LogP contribution >= 0.6 is 24.8 Å². The number of nitrogens with two attached hydrogens (primary N) is 2. The first-order valence-electron chi connectivity index (χ1n) is 7.78. The number of pyridine rings is 1. The van der Waals surface area contributed by atoms with E-state index in [1.54, 1.807) is 11.0 Å². The van der Waals surface area contributed by atoms with Crippen molar-refractivity contribution in [2.24, 2.45) is 5.92 Å². The zero-order chi connectivity index (χ0) is 15.7. The number of hydrogen-bond donors (Lipinski definition) is 3. The zero-order valence-corrected chi connectivity index (χ0v) is 15.1. The molecular formula is C15H25Cl2N5O2. The van der Waals surface area contributed by atoms with Crippen molar-refractivity contribution in [3.63, 3.8) is 0 Å². The third-order valence-electron chi connectivity index (χ3n) is 4.51. The van der Waals surface area contributed by atoms with E-state index in [1.165, 1.54) is 0 Å². The van der Waals surface area contributed by atoms with Crippen molar-refractivity contribution in [3.05, 3.63) is 12.1 Å². The van der Waals surface area contributed by atoms with Gasteiger partial charge in [0.15, 0.2) is 0 Å². The lowest BCUT2D eigenvalue weighted by molar-refractivity contribution is -0.135. The number of aromatic nitrogens is 1. The van der Waals surface area contributed by atoms with Crippen LogP contribution < -0.4 is 16.4 Å². The summed E-state index contributed by atoms with van der Waals surface area (Å²) in [6.45, 7) is 2.62. The molecule has 0 spiro atoms. The van der Waals surface area contributed by atoms with Gasteiger partial charge in [-0.3, -0.25) is 4.79 Å². The van der Waals surface area contributed by atoms with Gasteiger partial charge in [0.05, 0.1) is 17.7 Å². The van der Waals surface area contributed by atoms with E-state index in [1.807, 2.05) is 6.07 Å². The van der Waals surface area contributed by atoms with Gasteiger partial charge in [-0.15, -0.1) is 24.8 Å². The molecule has 24 heavy (non-hydrogen) atoms. The fourth-order valence-corrected chi connectivity index (χ4v) is 3.24. The number of anilines is 3. The second-order valence-corrected chi connectivity index (χ2v) is 6.16. The standard InChI is InChI=1S/C15H23N5O2.2ClH/c16-12-3-4-13(18-14(12)17)19-6-1-2-10(8-19)15(22)20-7-5-11(21)9-20;;/h3-4,10-11,21H,1-2,5-9,16H2,(H2,17,18);2*1H/t10-,11+;;/m1../s1. The van der Waals surface area contributed by atoms with Crippen LogP contribution in [-0.2, 0) is 4.79 Å². The van der Waals surface area contributed by atoms with Gasteiger partial charge in [0.2, 0.25) is 5.91 Å². The fourth-order valence-electron chi connectivity index (χ4n) is 3.24. The van der Waals surface area contributed by atoms with Gasteiger partial charge in [0.1, 0.15) is 11.6 Å². The van der Waals surface area contributed by atoms with Crippen LogP contribution in [0.25, 0.3) is 0 Å². The van der Waals surface area contributed by atoms with Crippen LogP contribution in [0.2, 0.25) is 0 Å². The topological polar surface area (TPSA) is 109 Å². The van der Waals surface area contributed by atoms with Crippen molar-refractivity contribution in [2.75, 3.05) is 42.5 Å². The molecule has 5 N–H and O–H groups in total. The summed E-state index contributed by atoms with van der Waals surface area (Å²) >= 11 is 0. The number of aliphatic hydroxyl groups is 1. The third-order valence-corrected chi connectivity index (χ3v) is 4.51. The second-order valence-electron chi connectivity index (χ2n) is 6.16. The molecule has 0 radical (unpaired) electrons. The number of rotatable bonds is 2. The van der Waals surface area contributed by atoms with Crippen molar-refractivity contribution in [2.45, 2.75) is 25.4 Å². The fraction of sp³-hybridized carbons (Fsp3) is 0.600. The number of likely N-dealkylation sites (tertiary alicyclic amines) is 1. The van der Waals surface area contributed by atoms with E-state index in [4.69, 9.17) is 11.5 Å². The van der Waals surface area contributed by atoms with Gasteiger partial charge in [-0.1, -0.05) is 0 Å². The van der Waals surface area contributed by atoms with Gasteiger partial charge in [-0.2, -0.15) is 0 Å². The first-order valence-corrected chi connectivity index (χ1v) is 7.78. The van der Waals surface area contributed by atoms with Crippen molar-refractivity contribution >= 4 is 48.0 Å². The van der Waals surface area contributed by atoms with Crippen LogP contribution in [0.15, 0.2) is 12.1 Å². The number of carbonyl (C=O) groups is 1. The van der Waals surface area contributed by atoms with Crippen LogP contribution in [-0.4, -0.2) is 53.2 Å². The molecule has 2 atom stereocenters. The Morgan fingerprint density at radius 3 is 2.54 bits per heavy atom. The van der Waals surface area contributed by atoms with E-state index in [9.17, 15) is 9.90 Å². The molecule has 136 valence electrons. The predicted octanol–water partition coefficient (Wildman–Crippen LogP) is 0.899. The van der Waals surface area contributed by atoms with Crippen LogP contribution in [0, 0.1) is 5.92 Å². The smallest absolute Gasteiger partial charge is 0.227 e. The summed E-state index contributed by atoms with van der Waals surface area (Å²) in [7, 11) is 0. The Balaban J connectivity index is 0.00000144. The number of nitrogens with zero attached hydrogens (tertiary/aromatic N) is 3. The summed E-state index contributed by atoms with van der Waals surface area (Å²) in [6, 6.07) is 3.60. The average molecular weight is 378 g/mol. The van der Waals surface area contributed by atoms with Crippen LogP contribution in [0.1, 0.15) is 19.3 Å². The highest BCUT2D eigenvalue weighted by atomic mass is 35.5. The van der Waals surface area contributed by atoms with Crippen LogP contribution in [0.3, 0.4) is 0 Å². The lowest BCUT2D eigenvalue weighted by Gasteiger charge is -2.34. The summed E-state index contributed by atoms with van der Waals surface area (Å²) in [6.07, 6.45) is 2.13. The van der Waals surface area contributed by atoms with E-state index in [-0.39, 0.29) is 42.7 Å².